The molecule has 0 aliphatic carbocycles. The lowest BCUT2D eigenvalue weighted by Crippen LogP contribution is -2.39. The van der Waals surface area contributed by atoms with E-state index in [-0.39, 0.29) is 11.9 Å². The molecule has 1 amide bonds. The van der Waals surface area contributed by atoms with Crippen molar-refractivity contribution in [2.45, 2.75) is 31.7 Å². The smallest absolute Gasteiger partial charge is 0.233 e. The molecule has 0 radical (unpaired) electrons. The quantitative estimate of drug-likeness (QED) is 0.743. The van der Waals surface area contributed by atoms with Crippen LogP contribution in [0.2, 0.25) is 0 Å². The largest absolute Gasteiger partial charge is 0.334 e. The first-order valence-electron chi connectivity index (χ1n) is 7.91. The number of rotatable bonds is 3. The van der Waals surface area contributed by atoms with Crippen LogP contribution in [0.4, 0.5) is 0 Å². The Kier molecular flexibility index (Phi) is 3.83. The van der Waals surface area contributed by atoms with Gasteiger partial charge >= 0.3 is 0 Å². The number of aromatic nitrogens is 3. The molecule has 0 spiro atoms. The molecule has 1 fully saturated rings. The van der Waals surface area contributed by atoms with Crippen LogP contribution >= 0.6 is 11.3 Å². The van der Waals surface area contributed by atoms with E-state index in [1.54, 1.807) is 17.5 Å². The van der Waals surface area contributed by atoms with Crippen molar-refractivity contribution in [2.75, 3.05) is 6.54 Å². The number of piperidine rings is 1. The van der Waals surface area contributed by atoms with Gasteiger partial charge in [0.15, 0.2) is 0 Å². The molecule has 1 aliphatic heterocycles. The average Bonchev–Trinajstić information content (AvgIpc) is 3.25. The van der Waals surface area contributed by atoms with Crippen molar-refractivity contribution in [3.8, 4) is 0 Å². The van der Waals surface area contributed by atoms with Crippen LogP contribution in [0.25, 0.3) is 5.78 Å². The van der Waals surface area contributed by atoms with E-state index in [0.29, 0.717) is 12.2 Å². The number of hydrogen-bond donors (Lipinski definition) is 0. The van der Waals surface area contributed by atoms with Crippen molar-refractivity contribution < 1.29 is 4.79 Å². The van der Waals surface area contributed by atoms with E-state index in [1.807, 2.05) is 44.6 Å². The minimum Gasteiger partial charge on any atom is -0.334 e. The molecule has 1 saturated heterocycles. The van der Waals surface area contributed by atoms with Crippen molar-refractivity contribution in [3.05, 3.63) is 52.7 Å². The van der Waals surface area contributed by atoms with Gasteiger partial charge in [0, 0.05) is 25.1 Å². The zero-order valence-corrected chi connectivity index (χ0v) is 13.6. The van der Waals surface area contributed by atoms with Crippen LogP contribution in [-0.2, 0) is 11.2 Å². The molecule has 6 heteroatoms. The van der Waals surface area contributed by atoms with Gasteiger partial charge < -0.3 is 4.90 Å². The zero-order chi connectivity index (χ0) is 15.6. The number of nitrogens with zero attached hydrogens (tertiary/aromatic N) is 4. The van der Waals surface area contributed by atoms with E-state index < -0.39 is 0 Å². The fraction of sp³-hybridized carbons (Fsp3) is 0.353. The molecule has 3 aromatic heterocycles. The molecule has 0 aromatic carbocycles. The van der Waals surface area contributed by atoms with Crippen molar-refractivity contribution >= 4 is 23.0 Å². The van der Waals surface area contributed by atoms with Gasteiger partial charge in [-0.25, -0.2) is 9.97 Å². The predicted octanol–water partition coefficient (Wildman–Crippen LogP) is 3.09. The lowest BCUT2D eigenvalue weighted by atomic mass is 9.98. The number of carbonyl (C=O) groups is 1. The molecule has 0 N–H and O–H groups in total. The Morgan fingerprint density at radius 2 is 2.26 bits per heavy atom. The molecule has 23 heavy (non-hydrogen) atoms. The van der Waals surface area contributed by atoms with Gasteiger partial charge in [-0.15, -0.1) is 0 Å². The standard InChI is InChI=1S/C17H18N4OS/c22-16(11-13-5-10-23-12-13)21-7-2-1-3-15(21)14-4-8-20-9-6-18-17(20)19-14/h4-6,8-10,12,15H,1-3,7,11H2/t15-/m0/s1. The molecule has 118 valence electrons. The van der Waals surface area contributed by atoms with Gasteiger partial charge in [0.1, 0.15) is 0 Å². The van der Waals surface area contributed by atoms with E-state index in [9.17, 15) is 4.79 Å². The maximum Gasteiger partial charge on any atom is 0.233 e. The van der Waals surface area contributed by atoms with E-state index in [0.717, 1.165) is 37.1 Å². The number of amides is 1. The number of thiophene rings is 1. The summed E-state index contributed by atoms with van der Waals surface area (Å²) in [4.78, 5) is 23.7. The molecular formula is C17H18N4OS. The van der Waals surface area contributed by atoms with Gasteiger partial charge in [-0.05, 0) is 47.7 Å². The van der Waals surface area contributed by atoms with Gasteiger partial charge in [0.05, 0.1) is 18.2 Å². The normalized spacial score (nSPS) is 18.4. The molecular weight excluding hydrogens is 308 g/mol. The summed E-state index contributed by atoms with van der Waals surface area (Å²) >= 11 is 1.63. The van der Waals surface area contributed by atoms with Crippen molar-refractivity contribution in [3.63, 3.8) is 0 Å². The Bertz CT molecular complexity index is 811. The maximum absolute atomic E-state index is 12.7. The number of likely N-dealkylation sites (tertiary alicyclic amines) is 1. The highest BCUT2D eigenvalue weighted by atomic mass is 32.1. The van der Waals surface area contributed by atoms with Crippen LogP contribution in [0, 0.1) is 0 Å². The summed E-state index contributed by atoms with van der Waals surface area (Å²) in [5.74, 6) is 0.886. The summed E-state index contributed by atoms with van der Waals surface area (Å²) in [5.41, 5.74) is 2.04. The van der Waals surface area contributed by atoms with E-state index in [2.05, 4.69) is 9.97 Å². The number of carbonyl (C=O) groups excluding carboxylic acids is 1. The van der Waals surface area contributed by atoms with Crippen LogP contribution in [0.15, 0.2) is 41.5 Å². The van der Waals surface area contributed by atoms with E-state index >= 15 is 0 Å². The van der Waals surface area contributed by atoms with Crippen molar-refractivity contribution in [2.24, 2.45) is 0 Å². The average molecular weight is 326 g/mol. The summed E-state index contributed by atoms with van der Waals surface area (Å²) in [6.45, 7) is 0.814. The Hall–Kier alpha value is -2.21. The molecule has 1 aliphatic rings. The summed E-state index contributed by atoms with van der Waals surface area (Å²) in [5, 5.41) is 4.07. The van der Waals surface area contributed by atoms with Crippen LogP contribution in [0.3, 0.4) is 0 Å². The highest BCUT2D eigenvalue weighted by Gasteiger charge is 2.29. The lowest BCUT2D eigenvalue weighted by Gasteiger charge is -2.35. The van der Waals surface area contributed by atoms with Gasteiger partial charge in [-0.3, -0.25) is 9.20 Å². The molecule has 4 rings (SSSR count). The Labute approximate surface area is 138 Å². The highest BCUT2D eigenvalue weighted by molar-refractivity contribution is 7.08. The molecule has 1 atom stereocenters. The van der Waals surface area contributed by atoms with E-state index in [1.165, 1.54) is 0 Å². The fourth-order valence-electron chi connectivity index (χ4n) is 3.21. The van der Waals surface area contributed by atoms with Crippen LogP contribution < -0.4 is 0 Å². The molecule has 0 bridgehead atoms. The Morgan fingerprint density at radius 1 is 1.30 bits per heavy atom. The first-order chi connectivity index (χ1) is 11.3. The summed E-state index contributed by atoms with van der Waals surface area (Å²) < 4.78 is 1.89. The third kappa shape index (κ3) is 2.86. The van der Waals surface area contributed by atoms with Gasteiger partial charge in [-0.2, -0.15) is 11.3 Å². The number of fused-ring (bicyclic) bond motifs is 1. The summed E-state index contributed by atoms with van der Waals surface area (Å²) in [6.07, 6.45) is 9.25. The number of hydrogen-bond acceptors (Lipinski definition) is 4. The monoisotopic (exact) mass is 326 g/mol. The molecule has 5 nitrogen and oxygen atoms in total. The first-order valence-corrected chi connectivity index (χ1v) is 8.86. The third-order valence-corrected chi connectivity index (χ3v) is 5.12. The van der Waals surface area contributed by atoms with Crippen molar-refractivity contribution in [1.29, 1.82) is 0 Å². The molecule has 4 heterocycles. The van der Waals surface area contributed by atoms with Gasteiger partial charge in [-0.1, -0.05) is 0 Å². The lowest BCUT2D eigenvalue weighted by molar-refractivity contribution is -0.134. The second-order valence-corrected chi connectivity index (χ2v) is 6.67. The van der Waals surface area contributed by atoms with Crippen molar-refractivity contribution in [1.82, 2.24) is 19.3 Å². The van der Waals surface area contributed by atoms with Gasteiger partial charge in [0.2, 0.25) is 11.7 Å². The maximum atomic E-state index is 12.7. The zero-order valence-electron chi connectivity index (χ0n) is 12.8. The summed E-state index contributed by atoms with van der Waals surface area (Å²) in [7, 11) is 0. The van der Waals surface area contributed by atoms with Gasteiger partial charge in [0.25, 0.3) is 0 Å². The predicted molar refractivity (Wildman–Crippen MR) is 89.3 cm³/mol. The number of imidazole rings is 1. The fourth-order valence-corrected chi connectivity index (χ4v) is 3.88. The van der Waals surface area contributed by atoms with E-state index in [4.69, 9.17) is 0 Å². The second-order valence-electron chi connectivity index (χ2n) is 5.89. The molecule has 0 saturated carbocycles. The topological polar surface area (TPSA) is 50.5 Å². The summed E-state index contributed by atoms with van der Waals surface area (Å²) in [6, 6.07) is 4.10. The van der Waals surface area contributed by atoms with Crippen LogP contribution in [-0.4, -0.2) is 31.7 Å². The Morgan fingerprint density at radius 3 is 3.13 bits per heavy atom. The minimum atomic E-state index is 0.0663. The minimum absolute atomic E-state index is 0.0663. The Balaban J connectivity index is 1.60. The molecule has 3 aromatic rings. The SMILES string of the molecule is O=C(Cc1ccsc1)N1CCCC[C@H]1c1ccn2ccnc2n1. The van der Waals surface area contributed by atoms with Crippen LogP contribution in [0.1, 0.15) is 36.6 Å². The first kappa shape index (κ1) is 14.4. The molecule has 0 unspecified atom stereocenters. The highest BCUT2D eigenvalue weighted by Crippen LogP contribution is 2.30. The third-order valence-electron chi connectivity index (χ3n) is 4.38. The van der Waals surface area contributed by atoms with Crippen LogP contribution in [0.5, 0.6) is 0 Å². The second kappa shape index (κ2) is 6.12.